The van der Waals surface area contributed by atoms with E-state index in [1.54, 1.807) is 0 Å². The molecule has 1 aliphatic heterocycles. The van der Waals surface area contributed by atoms with E-state index in [2.05, 4.69) is 10.6 Å². The number of piperidine rings is 1. The number of hydrogen-bond donors (Lipinski definition) is 2. The van der Waals surface area contributed by atoms with Gasteiger partial charge in [-0.05, 0) is 56.0 Å². The van der Waals surface area contributed by atoms with Crippen molar-refractivity contribution in [3.8, 4) is 0 Å². The van der Waals surface area contributed by atoms with Gasteiger partial charge < -0.3 is 10.6 Å². The maximum Gasteiger partial charge on any atom is 0.416 e. The summed E-state index contributed by atoms with van der Waals surface area (Å²) < 4.78 is 37.9. The summed E-state index contributed by atoms with van der Waals surface area (Å²) >= 11 is 0. The minimum absolute atomic E-state index is 0. The van der Waals surface area contributed by atoms with Crippen LogP contribution in [0.5, 0.6) is 0 Å². The van der Waals surface area contributed by atoms with Crippen LogP contribution in [-0.4, -0.2) is 19.0 Å². The van der Waals surface area contributed by atoms with Crippen molar-refractivity contribution in [2.24, 2.45) is 11.3 Å². The average molecular weight is 335 g/mol. The lowest BCUT2D eigenvalue weighted by Gasteiger charge is -2.23. The Morgan fingerprint density at radius 2 is 1.95 bits per heavy atom. The number of benzene rings is 1. The minimum atomic E-state index is -4.39. The van der Waals surface area contributed by atoms with Gasteiger partial charge in [0, 0.05) is 11.6 Å². The fourth-order valence-electron chi connectivity index (χ4n) is 3.20. The third-order valence-electron chi connectivity index (χ3n) is 4.56. The lowest BCUT2D eigenvalue weighted by atomic mass is 9.92. The van der Waals surface area contributed by atoms with E-state index in [-0.39, 0.29) is 35.3 Å². The third kappa shape index (κ3) is 3.38. The van der Waals surface area contributed by atoms with Crippen LogP contribution in [0.4, 0.5) is 18.9 Å². The summed E-state index contributed by atoms with van der Waals surface area (Å²) in [5.41, 5.74) is -0.449. The van der Waals surface area contributed by atoms with Crippen LogP contribution in [0.1, 0.15) is 24.8 Å². The summed E-state index contributed by atoms with van der Waals surface area (Å²) in [7, 11) is 0. The zero-order chi connectivity index (χ0) is 15.1. The van der Waals surface area contributed by atoms with Gasteiger partial charge in [0.25, 0.3) is 0 Å². The summed E-state index contributed by atoms with van der Waals surface area (Å²) in [6.45, 7) is 1.82. The van der Waals surface area contributed by atoms with Gasteiger partial charge in [0.2, 0.25) is 5.91 Å². The highest BCUT2D eigenvalue weighted by molar-refractivity contribution is 5.95. The van der Waals surface area contributed by atoms with Crippen molar-refractivity contribution in [1.82, 2.24) is 5.32 Å². The molecule has 1 atom stereocenters. The quantitative estimate of drug-likeness (QED) is 0.869. The maximum atomic E-state index is 12.6. The Labute approximate surface area is 133 Å². The first-order valence-electron chi connectivity index (χ1n) is 7.10. The molecular weight excluding hydrogens is 317 g/mol. The van der Waals surface area contributed by atoms with Crippen molar-refractivity contribution in [3.05, 3.63) is 29.8 Å². The average Bonchev–Trinajstić information content (AvgIpc) is 3.12. The Bertz CT molecular complexity index is 556. The number of alkyl halides is 3. The molecule has 7 heteroatoms. The van der Waals surface area contributed by atoms with E-state index in [0.717, 1.165) is 44.5 Å². The molecule has 3 rings (SSSR count). The number of carbonyl (C=O) groups is 1. The Balaban J connectivity index is 0.00000176. The van der Waals surface area contributed by atoms with Crippen LogP contribution in [-0.2, 0) is 11.0 Å². The van der Waals surface area contributed by atoms with Gasteiger partial charge in [-0.3, -0.25) is 4.79 Å². The molecule has 1 amide bonds. The van der Waals surface area contributed by atoms with E-state index in [1.165, 1.54) is 12.1 Å². The van der Waals surface area contributed by atoms with Crippen molar-refractivity contribution in [2.45, 2.75) is 25.4 Å². The van der Waals surface area contributed by atoms with E-state index < -0.39 is 11.7 Å². The Kier molecular flexibility index (Phi) is 4.73. The van der Waals surface area contributed by atoms with E-state index in [9.17, 15) is 18.0 Å². The molecule has 1 heterocycles. The number of nitrogens with one attached hydrogen (secondary N) is 2. The molecule has 0 radical (unpaired) electrons. The van der Waals surface area contributed by atoms with Crippen LogP contribution < -0.4 is 10.6 Å². The second-order valence-corrected chi connectivity index (χ2v) is 5.94. The number of rotatable bonds is 2. The van der Waals surface area contributed by atoms with Crippen LogP contribution in [0.2, 0.25) is 0 Å². The highest BCUT2D eigenvalue weighted by Crippen LogP contribution is 2.58. The summed E-state index contributed by atoms with van der Waals surface area (Å²) in [4.78, 5) is 12.2. The fraction of sp³-hybridized carbons (Fsp3) is 0.533. The molecule has 122 valence electrons. The summed E-state index contributed by atoms with van der Waals surface area (Å²) in [6.07, 6.45) is -1.61. The third-order valence-corrected chi connectivity index (χ3v) is 4.56. The molecule has 3 nitrogen and oxygen atoms in total. The molecule has 0 bridgehead atoms. The molecule has 1 aromatic rings. The standard InChI is InChI=1S/C15H17F3N2O.ClH/c16-15(17,18)10-2-1-3-11(8-10)20-13(21)12-9-14(12)4-6-19-7-5-14;/h1-3,8,12,19H,4-7,9H2,(H,20,21);1H. The molecule has 1 unspecified atom stereocenters. The van der Waals surface area contributed by atoms with Gasteiger partial charge in [-0.1, -0.05) is 6.07 Å². The first-order chi connectivity index (χ1) is 9.91. The lowest BCUT2D eigenvalue weighted by Crippen LogP contribution is -2.31. The van der Waals surface area contributed by atoms with Crippen LogP contribution >= 0.6 is 12.4 Å². The van der Waals surface area contributed by atoms with Crippen LogP contribution in [0.25, 0.3) is 0 Å². The van der Waals surface area contributed by atoms with Crippen molar-refractivity contribution in [3.63, 3.8) is 0 Å². The molecule has 1 aromatic carbocycles. The maximum absolute atomic E-state index is 12.6. The number of hydrogen-bond acceptors (Lipinski definition) is 2. The zero-order valence-corrected chi connectivity index (χ0v) is 12.7. The normalized spacial score (nSPS) is 22.8. The summed E-state index contributed by atoms with van der Waals surface area (Å²) in [5, 5.41) is 5.89. The number of halogens is 4. The van der Waals surface area contributed by atoms with Gasteiger partial charge in [0.05, 0.1) is 5.56 Å². The SMILES string of the molecule is Cl.O=C(Nc1cccc(C(F)(F)F)c1)C1CC12CCNCC2. The monoisotopic (exact) mass is 334 g/mol. The highest BCUT2D eigenvalue weighted by Gasteiger charge is 2.57. The summed E-state index contributed by atoms with van der Waals surface area (Å²) in [6, 6.07) is 4.78. The first kappa shape index (κ1) is 17.1. The molecule has 1 saturated heterocycles. The van der Waals surface area contributed by atoms with Gasteiger partial charge in [0.15, 0.2) is 0 Å². The van der Waals surface area contributed by atoms with Crippen molar-refractivity contribution in [2.75, 3.05) is 18.4 Å². The largest absolute Gasteiger partial charge is 0.416 e. The second-order valence-electron chi connectivity index (χ2n) is 5.94. The molecule has 1 aliphatic carbocycles. The second kappa shape index (κ2) is 6.08. The van der Waals surface area contributed by atoms with Gasteiger partial charge in [-0.15, -0.1) is 12.4 Å². The first-order valence-corrected chi connectivity index (χ1v) is 7.10. The number of anilines is 1. The molecule has 2 N–H and O–H groups in total. The predicted molar refractivity (Wildman–Crippen MR) is 80.0 cm³/mol. The van der Waals surface area contributed by atoms with Crippen LogP contribution in [0, 0.1) is 11.3 Å². The Hall–Kier alpha value is -1.27. The highest BCUT2D eigenvalue weighted by atomic mass is 35.5. The molecule has 1 spiro atoms. The van der Waals surface area contributed by atoms with Gasteiger partial charge in [-0.2, -0.15) is 13.2 Å². The molecule has 2 aliphatic rings. The molecule has 22 heavy (non-hydrogen) atoms. The molecular formula is C15H18ClF3N2O. The van der Waals surface area contributed by atoms with E-state index >= 15 is 0 Å². The van der Waals surface area contributed by atoms with Gasteiger partial charge >= 0.3 is 6.18 Å². The van der Waals surface area contributed by atoms with Crippen LogP contribution in [0.3, 0.4) is 0 Å². The Morgan fingerprint density at radius 3 is 2.59 bits per heavy atom. The van der Waals surface area contributed by atoms with Crippen LogP contribution in [0.15, 0.2) is 24.3 Å². The van der Waals surface area contributed by atoms with E-state index in [1.807, 2.05) is 0 Å². The smallest absolute Gasteiger partial charge is 0.326 e. The number of carbonyl (C=O) groups excluding carboxylic acids is 1. The lowest BCUT2D eigenvalue weighted by molar-refractivity contribution is -0.137. The fourth-order valence-corrected chi connectivity index (χ4v) is 3.20. The molecule has 0 aromatic heterocycles. The van der Waals surface area contributed by atoms with Gasteiger partial charge in [-0.25, -0.2) is 0 Å². The molecule has 1 saturated carbocycles. The Morgan fingerprint density at radius 1 is 1.27 bits per heavy atom. The summed E-state index contributed by atoms with van der Waals surface area (Å²) in [5.74, 6) is -0.217. The topological polar surface area (TPSA) is 41.1 Å². The van der Waals surface area contributed by atoms with Gasteiger partial charge in [0.1, 0.15) is 0 Å². The molecule has 2 fully saturated rings. The number of amides is 1. The predicted octanol–water partition coefficient (Wildman–Crippen LogP) is 3.46. The van der Waals surface area contributed by atoms with E-state index in [4.69, 9.17) is 0 Å². The van der Waals surface area contributed by atoms with Crippen molar-refractivity contribution < 1.29 is 18.0 Å². The van der Waals surface area contributed by atoms with Crippen molar-refractivity contribution in [1.29, 1.82) is 0 Å². The van der Waals surface area contributed by atoms with Crippen molar-refractivity contribution >= 4 is 24.0 Å². The van der Waals surface area contributed by atoms with E-state index in [0.29, 0.717) is 0 Å². The zero-order valence-electron chi connectivity index (χ0n) is 11.9. The minimum Gasteiger partial charge on any atom is -0.326 e.